The molecule has 4 aromatic rings. The van der Waals surface area contributed by atoms with Crippen LogP contribution in [0.4, 0.5) is 11.0 Å². The summed E-state index contributed by atoms with van der Waals surface area (Å²) in [7, 11) is -3.86. The summed E-state index contributed by atoms with van der Waals surface area (Å²) in [5, 5.41) is 16.4. The Labute approximate surface area is 235 Å². The summed E-state index contributed by atoms with van der Waals surface area (Å²) in [6.07, 6.45) is 4.10. The zero-order valence-electron chi connectivity index (χ0n) is 20.1. The molecule has 0 spiro atoms. The number of furan rings is 1. The monoisotopic (exact) mass is 629 g/mol. The Bertz CT molecular complexity index is 1690. The molecule has 200 valence electrons. The van der Waals surface area contributed by atoms with Gasteiger partial charge < -0.3 is 4.42 Å². The molecule has 2 heterocycles. The molecule has 0 fully saturated rings. The van der Waals surface area contributed by atoms with Crippen LogP contribution in [0.2, 0.25) is 0 Å². The summed E-state index contributed by atoms with van der Waals surface area (Å²) >= 11 is 4.61. The first-order chi connectivity index (χ1) is 18.6. The second-order valence-electron chi connectivity index (χ2n) is 7.83. The van der Waals surface area contributed by atoms with E-state index in [2.05, 4.69) is 39.2 Å². The van der Waals surface area contributed by atoms with E-state index in [0.29, 0.717) is 5.52 Å². The minimum atomic E-state index is -3.86. The smallest absolute Gasteiger partial charge is 0.400 e. The van der Waals surface area contributed by atoms with Crippen LogP contribution in [0.3, 0.4) is 0 Å². The fourth-order valence-electron chi connectivity index (χ4n) is 3.39. The Morgan fingerprint density at radius 3 is 2.44 bits per heavy atom. The second kappa shape index (κ2) is 11.8. The zero-order valence-corrected chi connectivity index (χ0v) is 23.4. The maximum atomic E-state index is 13.6. The number of aromatic nitrogens is 1. The van der Waals surface area contributed by atoms with E-state index < -0.39 is 26.7 Å². The van der Waals surface area contributed by atoms with Crippen LogP contribution in [0.15, 0.2) is 98.8 Å². The number of anilines is 1. The van der Waals surface area contributed by atoms with Crippen molar-refractivity contribution in [2.24, 2.45) is 5.10 Å². The summed E-state index contributed by atoms with van der Waals surface area (Å²) in [5.41, 5.74) is 0.766. The third-order valence-corrected chi connectivity index (χ3v) is 8.54. The molecule has 0 atom stereocenters. The third kappa shape index (κ3) is 6.20. The van der Waals surface area contributed by atoms with Crippen LogP contribution in [-0.4, -0.2) is 47.8 Å². The Kier molecular flexibility index (Phi) is 8.50. The van der Waals surface area contributed by atoms with Gasteiger partial charge in [0.05, 0.1) is 27.4 Å². The van der Waals surface area contributed by atoms with Crippen LogP contribution in [0.1, 0.15) is 16.1 Å². The molecule has 2 aromatic heterocycles. The Balaban J connectivity index is 1.70. The number of amides is 1. The normalized spacial score (nSPS) is 11.7. The number of hydrogen-bond donors (Lipinski definition) is 0. The van der Waals surface area contributed by atoms with Crippen LogP contribution >= 0.6 is 27.3 Å². The highest BCUT2D eigenvalue weighted by atomic mass is 79.9. The summed E-state index contributed by atoms with van der Waals surface area (Å²) in [6.45, 7) is 7.37. The highest BCUT2D eigenvalue weighted by Crippen LogP contribution is 2.32. The molecule has 14 heteroatoms. The number of benzene rings is 2. The van der Waals surface area contributed by atoms with Crippen LogP contribution in [0.25, 0.3) is 10.2 Å². The lowest BCUT2D eigenvalue weighted by Crippen LogP contribution is -2.31. The average Bonchev–Trinajstić information content (AvgIpc) is 3.56. The number of hydrazone groups is 1. The van der Waals surface area contributed by atoms with Gasteiger partial charge in [0.2, 0.25) is 15.2 Å². The molecule has 0 bridgehead atoms. The quantitative estimate of drug-likeness (QED) is 0.0909. The maximum absolute atomic E-state index is 13.6. The van der Waals surface area contributed by atoms with Crippen molar-refractivity contribution in [1.82, 2.24) is 9.29 Å². The van der Waals surface area contributed by atoms with Crippen molar-refractivity contribution in [3.8, 4) is 0 Å². The molecule has 1 amide bonds. The molecule has 0 saturated carbocycles. The van der Waals surface area contributed by atoms with Crippen LogP contribution < -0.4 is 5.01 Å². The van der Waals surface area contributed by atoms with E-state index in [9.17, 15) is 23.3 Å². The standard InChI is InChI=1S/C25H20BrN5O6S2/c1-3-13-29(14-4-2)39(35,36)20-9-5-17(6-10-20)24(32)30(27-16-19-8-12-23(37-19)31(33)34)25-28-21-11-7-18(26)15-22(21)38-25/h3-12,15-16H,1-2,13-14H2/b27-16+. The minimum absolute atomic E-state index is 0.00877. The molecule has 2 aromatic carbocycles. The van der Waals surface area contributed by atoms with E-state index in [1.165, 1.54) is 64.2 Å². The van der Waals surface area contributed by atoms with Gasteiger partial charge in [-0.05, 0) is 48.5 Å². The number of nitro groups is 1. The molecule has 11 nitrogen and oxygen atoms in total. The van der Waals surface area contributed by atoms with Gasteiger partial charge in [0, 0.05) is 23.1 Å². The van der Waals surface area contributed by atoms with E-state index in [1.807, 2.05) is 12.1 Å². The Morgan fingerprint density at radius 2 is 1.82 bits per heavy atom. The first-order valence-corrected chi connectivity index (χ1v) is 14.2. The molecule has 0 aliphatic carbocycles. The van der Waals surface area contributed by atoms with E-state index in [4.69, 9.17) is 4.42 Å². The number of fused-ring (bicyclic) bond motifs is 1. The molecule has 0 radical (unpaired) electrons. The molecule has 0 saturated heterocycles. The number of sulfonamides is 1. The van der Waals surface area contributed by atoms with Crippen molar-refractivity contribution in [2.45, 2.75) is 4.90 Å². The fourth-order valence-corrected chi connectivity index (χ4v) is 6.25. The molecular weight excluding hydrogens is 610 g/mol. The van der Waals surface area contributed by atoms with Gasteiger partial charge in [-0.2, -0.15) is 14.4 Å². The van der Waals surface area contributed by atoms with Crippen molar-refractivity contribution in [3.63, 3.8) is 0 Å². The fraction of sp³-hybridized carbons (Fsp3) is 0.0800. The molecule has 0 N–H and O–H groups in total. The van der Waals surface area contributed by atoms with Crippen LogP contribution in [-0.2, 0) is 10.0 Å². The lowest BCUT2D eigenvalue weighted by Gasteiger charge is -2.19. The summed E-state index contributed by atoms with van der Waals surface area (Å²) in [5.74, 6) is -1.03. The second-order valence-corrected chi connectivity index (χ2v) is 11.7. The molecule has 4 rings (SSSR count). The lowest BCUT2D eigenvalue weighted by atomic mass is 10.2. The number of carbonyl (C=O) groups excluding carboxylic acids is 1. The zero-order chi connectivity index (χ0) is 28.2. The van der Waals surface area contributed by atoms with Gasteiger partial charge >= 0.3 is 5.88 Å². The topological polar surface area (TPSA) is 139 Å². The van der Waals surface area contributed by atoms with Gasteiger partial charge in [0.1, 0.15) is 4.92 Å². The van der Waals surface area contributed by atoms with Crippen LogP contribution in [0.5, 0.6) is 0 Å². The predicted molar refractivity (Wildman–Crippen MR) is 153 cm³/mol. The SMILES string of the molecule is C=CCN(CC=C)S(=O)(=O)c1ccc(C(=O)N(/N=C/c2ccc([N+](=O)[O-])o2)c2nc3ccc(Br)cc3s2)cc1. The number of rotatable bonds is 11. The lowest BCUT2D eigenvalue weighted by molar-refractivity contribution is -0.402. The van der Waals surface area contributed by atoms with Crippen molar-refractivity contribution >= 4 is 70.6 Å². The minimum Gasteiger partial charge on any atom is -0.400 e. The number of hydrogen-bond acceptors (Lipinski definition) is 9. The first kappa shape index (κ1) is 28.0. The maximum Gasteiger partial charge on any atom is 0.433 e. The van der Waals surface area contributed by atoms with E-state index >= 15 is 0 Å². The Hall–Kier alpha value is -3.98. The Morgan fingerprint density at radius 1 is 1.13 bits per heavy atom. The number of thiazole rings is 1. The molecule has 0 aliphatic heterocycles. The van der Waals surface area contributed by atoms with Gasteiger partial charge in [0.15, 0.2) is 5.76 Å². The summed E-state index contributed by atoms with van der Waals surface area (Å²) < 4.78 is 34.0. The number of carbonyl (C=O) groups is 1. The molecule has 39 heavy (non-hydrogen) atoms. The molecule has 0 unspecified atom stereocenters. The van der Waals surface area contributed by atoms with E-state index in [-0.39, 0.29) is 34.4 Å². The van der Waals surface area contributed by atoms with E-state index in [1.54, 1.807) is 6.07 Å². The van der Waals surface area contributed by atoms with Crippen molar-refractivity contribution in [2.75, 3.05) is 18.1 Å². The van der Waals surface area contributed by atoms with Crippen molar-refractivity contribution in [1.29, 1.82) is 0 Å². The molecular formula is C25H20BrN5O6S2. The highest BCUT2D eigenvalue weighted by molar-refractivity contribution is 9.10. The van der Waals surface area contributed by atoms with Gasteiger partial charge in [0.25, 0.3) is 5.91 Å². The highest BCUT2D eigenvalue weighted by Gasteiger charge is 2.25. The summed E-state index contributed by atoms with van der Waals surface area (Å²) in [6, 6.07) is 13.4. The van der Waals surface area contributed by atoms with Gasteiger partial charge in [-0.3, -0.25) is 14.9 Å². The summed E-state index contributed by atoms with van der Waals surface area (Å²) in [4.78, 5) is 28.3. The third-order valence-electron chi connectivity index (χ3n) is 5.21. The van der Waals surface area contributed by atoms with E-state index in [0.717, 1.165) is 20.4 Å². The number of nitrogens with zero attached hydrogens (tertiary/aromatic N) is 5. The molecule has 0 aliphatic rings. The van der Waals surface area contributed by atoms with Gasteiger partial charge in [-0.1, -0.05) is 39.4 Å². The van der Waals surface area contributed by atoms with Gasteiger partial charge in [-0.15, -0.1) is 13.2 Å². The average molecular weight is 631 g/mol. The van der Waals surface area contributed by atoms with Crippen molar-refractivity contribution < 1.29 is 22.6 Å². The van der Waals surface area contributed by atoms with Gasteiger partial charge in [-0.25, -0.2) is 13.4 Å². The van der Waals surface area contributed by atoms with Crippen molar-refractivity contribution in [3.05, 3.63) is 106 Å². The first-order valence-electron chi connectivity index (χ1n) is 11.1. The van der Waals surface area contributed by atoms with Crippen LogP contribution in [0, 0.1) is 10.1 Å². The predicted octanol–water partition coefficient (Wildman–Crippen LogP) is 5.60. The largest absolute Gasteiger partial charge is 0.433 e. The number of halogens is 1.